The summed E-state index contributed by atoms with van der Waals surface area (Å²) in [6.45, 7) is 0. The maximum Gasteiger partial charge on any atom is 0.371 e. The number of carbonyl (C=O) groups is 3. The molecule has 0 radical (unpaired) electrons. The van der Waals surface area contributed by atoms with Gasteiger partial charge in [-0.05, 0) is 12.1 Å². The molecule has 1 aromatic heterocycles. The van der Waals surface area contributed by atoms with Crippen molar-refractivity contribution in [3.63, 3.8) is 0 Å². The third-order valence-corrected chi connectivity index (χ3v) is 3.03. The summed E-state index contributed by atoms with van der Waals surface area (Å²) in [5.74, 6) is -8.43. The molecule has 0 fully saturated rings. The second-order valence-corrected chi connectivity index (χ2v) is 4.42. The van der Waals surface area contributed by atoms with Crippen LogP contribution in [-0.4, -0.2) is 27.8 Å². The Morgan fingerprint density at radius 3 is 2.13 bits per heavy atom. The number of halogens is 3. The third-order valence-electron chi connectivity index (χ3n) is 3.03. The minimum Gasteiger partial charge on any atom is -0.324 e. The van der Waals surface area contributed by atoms with Crippen LogP contribution in [0.5, 0.6) is 0 Å². The van der Waals surface area contributed by atoms with Crippen molar-refractivity contribution in [2.24, 2.45) is 0 Å². The number of hydrogen-bond donors (Lipinski definition) is 0. The van der Waals surface area contributed by atoms with E-state index in [-0.39, 0.29) is 22.3 Å². The number of carbonyl (C=O) groups excluding carboxylic acids is 3. The van der Waals surface area contributed by atoms with Gasteiger partial charge in [0.15, 0.2) is 5.56 Å². The lowest BCUT2D eigenvalue weighted by Crippen LogP contribution is -2.33. The third kappa shape index (κ3) is 2.31. The van der Waals surface area contributed by atoms with Crippen LogP contribution in [0.1, 0.15) is 31.1 Å². The van der Waals surface area contributed by atoms with Gasteiger partial charge in [-0.15, -0.1) is 0 Å². The van der Waals surface area contributed by atoms with Gasteiger partial charge in [0.1, 0.15) is 5.82 Å². The maximum absolute atomic E-state index is 13.5. The van der Waals surface area contributed by atoms with Gasteiger partial charge >= 0.3 is 5.97 Å². The summed E-state index contributed by atoms with van der Waals surface area (Å²) in [6, 6.07) is 5.78. The van der Waals surface area contributed by atoms with Crippen LogP contribution in [0.25, 0.3) is 0 Å². The number of aromatic nitrogens is 1. The van der Waals surface area contributed by atoms with Crippen molar-refractivity contribution in [3.05, 3.63) is 64.7 Å². The summed E-state index contributed by atoms with van der Waals surface area (Å²) in [7, 11) is 0. The molecule has 1 aliphatic rings. The SMILES string of the molecule is O=C(ON1C(=O)c2ccccc2C1=O)c1c(F)cc(F)nc1F. The number of imide groups is 1. The summed E-state index contributed by atoms with van der Waals surface area (Å²) >= 11 is 0. The largest absolute Gasteiger partial charge is 0.371 e. The zero-order chi connectivity index (χ0) is 16.7. The van der Waals surface area contributed by atoms with E-state index in [1.165, 1.54) is 24.3 Å². The summed E-state index contributed by atoms with van der Waals surface area (Å²) in [6.07, 6.45) is 0. The molecule has 116 valence electrons. The lowest BCUT2D eigenvalue weighted by molar-refractivity contribution is -0.0591. The predicted octanol–water partition coefficient (Wildman–Crippen LogP) is 1.87. The molecular formula is C14H5F3N2O4. The van der Waals surface area contributed by atoms with Crippen molar-refractivity contribution in [3.8, 4) is 0 Å². The highest BCUT2D eigenvalue weighted by molar-refractivity contribution is 6.21. The Hall–Kier alpha value is -3.23. The number of hydroxylamine groups is 2. The van der Waals surface area contributed by atoms with Crippen LogP contribution in [0, 0.1) is 17.7 Å². The van der Waals surface area contributed by atoms with Crippen LogP contribution in [-0.2, 0) is 4.84 Å². The highest BCUT2D eigenvalue weighted by Gasteiger charge is 2.39. The number of nitrogens with zero attached hydrogens (tertiary/aromatic N) is 2. The molecule has 0 unspecified atom stereocenters. The molecule has 0 spiro atoms. The molecule has 1 aliphatic heterocycles. The Balaban J connectivity index is 1.91. The van der Waals surface area contributed by atoms with Crippen LogP contribution >= 0.6 is 0 Å². The van der Waals surface area contributed by atoms with Gasteiger partial charge < -0.3 is 4.84 Å². The van der Waals surface area contributed by atoms with Crippen molar-refractivity contribution >= 4 is 17.8 Å². The fourth-order valence-electron chi connectivity index (χ4n) is 2.02. The van der Waals surface area contributed by atoms with Gasteiger partial charge in [-0.2, -0.15) is 13.8 Å². The second kappa shape index (κ2) is 5.20. The monoisotopic (exact) mass is 322 g/mol. The molecule has 0 bridgehead atoms. The van der Waals surface area contributed by atoms with Crippen molar-refractivity contribution < 1.29 is 32.4 Å². The van der Waals surface area contributed by atoms with Crippen LogP contribution < -0.4 is 0 Å². The molecule has 0 N–H and O–H groups in total. The molecule has 1 aromatic carbocycles. The van der Waals surface area contributed by atoms with E-state index >= 15 is 0 Å². The first-order valence-electron chi connectivity index (χ1n) is 6.12. The first kappa shape index (κ1) is 14.7. The molecule has 23 heavy (non-hydrogen) atoms. The highest BCUT2D eigenvalue weighted by Crippen LogP contribution is 2.24. The topological polar surface area (TPSA) is 76.6 Å². The fourth-order valence-corrected chi connectivity index (χ4v) is 2.02. The van der Waals surface area contributed by atoms with Gasteiger partial charge in [-0.3, -0.25) is 9.59 Å². The second-order valence-electron chi connectivity index (χ2n) is 4.42. The Bertz CT molecular complexity index is 811. The quantitative estimate of drug-likeness (QED) is 0.623. The Morgan fingerprint density at radius 2 is 1.61 bits per heavy atom. The van der Waals surface area contributed by atoms with Crippen molar-refractivity contribution in [1.82, 2.24) is 10.0 Å². The lowest BCUT2D eigenvalue weighted by Gasteiger charge is -2.13. The number of fused-ring (bicyclic) bond motifs is 1. The Labute approximate surface area is 126 Å². The van der Waals surface area contributed by atoms with E-state index in [4.69, 9.17) is 0 Å². The van der Waals surface area contributed by atoms with Crippen molar-refractivity contribution in [2.45, 2.75) is 0 Å². The number of pyridine rings is 1. The van der Waals surface area contributed by atoms with Gasteiger partial charge in [0.2, 0.25) is 11.9 Å². The average molecular weight is 322 g/mol. The van der Waals surface area contributed by atoms with Crippen LogP contribution in [0.2, 0.25) is 0 Å². The minimum absolute atomic E-state index is 0.0246. The first-order chi connectivity index (χ1) is 10.9. The van der Waals surface area contributed by atoms with Gasteiger partial charge in [-0.25, -0.2) is 9.18 Å². The van der Waals surface area contributed by atoms with E-state index in [0.717, 1.165) is 0 Å². The van der Waals surface area contributed by atoms with Crippen LogP contribution in [0.15, 0.2) is 30.3 Å². The standard InChI is InChI=1S/C14H5F3N2O4/c15-8-5-9(16)18-11(17)10(8)14(22)23-19-12(20)6-3-1-2-4-7(6)13(19)21/h1-5H. The molecule has 3 rings (SSSR count). The minimum atomic E-state index is -1.76. The maximum atomic E-state index is 13.5. The molecule has 2 heterocycles. The predicted molar refractivity (Wildman–Crippen MR) is 66.5 cm³/mol. The lowest BCUT2D eigenvalue weighted by atomic mass is 10.1. The highest BCUT2D eigenvalue weighted by atomic mass is 19.1. The zero-order valence-electron chi connectivity index (χ0n) is 11.0. The summed E-state index contributed by atoms with van der Waals surface area (Å²) in [4.78, 5) is 42.8. The van der Waals surface area contributed by atoms with Gasteiger partial charge in [0, 0.05) is 6.07 Å². The molecule has 0 saturated heterocycles. The van der Waals surface area contributed by atoms with E-state index < -0.39 is 41.1 Å². The molecule has 0 aliphatic carbocycles. The van der Waals surface area contributed by atoms with Crippen LogP contribution in [0.4, 0.5) is 13.2 Å². The number of amides is 2. The Kier molecular flexibility index (Phi) is 3.32. The summed E-state index contributed by atoms with van der Waals surface area (Å²) < 4.78 is 39.6. The van der Waals surface area contributed by atoms with Gasteiger partial charge in [0.25, 0.3) is 11.8 Å². The van der Waals surface area contributed by atoms with Crippen molar-refractivity contribution in [1.29, 1.82) is 0 Å². The van der Waals surface area contributed by atoms with Gasteiger partial charge in [0.05, 0.1) is 11.1 Å². The number of benzene rings is 1. The smallest absolute Gasteiger partial charge is 0.324 e. The van der Waals surface area contributed by atoms with E-state index in [1.54, 1.807) is 0 Å². The first-order valence-corrected chi connectivity index (χ1v) is 6.12. The van der Waals surface area contributed by atoms with E-state index in [2.05, 4.69) is 9.82 Å². The zero-order valence-corrected chi connectivity index (χ0v) is 11.0. The molecule has 0 atom stereocenters. The number of rotatable bonds is 2. The summed E-state index contributed by atoms with van der Waals surface area (Å²) in [5, 5.41) is 0.0786. The van der Waals surface area contributed by atoms with Gasteiger partial charge in [-0.1, -0.05) is 17.2 Å². The van der Waals surface area contributed by atoms with E-state index in [1.807, 2.05) is 0 Å². The van der Waals surface area contributed by atoms with Crippen molar-refractivity contribution in [2.75, 3.05) is 0 Å². The molecule has 6 nitrogen and oxygen atoms in total. The molecular weight excluding hydrogens is 317 g/mol. The summed E-state index contributed by atoms with van der Waals surface area (Å²) in [5.41, 5.74) is -1.37. The molecule has 2 amide bonds. The molecule has 9 heteroatoms. The number of hydrogen-bond acceptors (Lipinski definition) is 5. The molecule has 0 saturated carbocycles. The molecule has 2 aromatic rings. The van der Waals surface area contributed by atoms with E-state index in [9.17, 15) is 27.6 Å². The normalized spacial score (nSPS) is 13.3. The fraction of sp³-hybridized carbons (Fsp3) is 0. The van der Waals surface area contributed by atoms with E-state index in [0.29, 0.717) is 0 Å². The van der Waals surface area contributed by atoms with Crippen LogP contribution in [0.3, 0.4) is 0 Å². The average Bonchev–Trinajstić information content (AvgIpc) is 2.72. The Morgan fingerprint density at radius 1 is 1.04 bits per heavy atom.